The van der Waals surface area contributed by atoms with E-state index in [9.17, 15) is 4.79 Å². The van der Waals surface area contributed by atoms with Crippen molar-refractivity contribution in [3.63, 3.8) is 0 Å². The van der Waals surface area contributed by atoms with Gasteiger partial charge in [-0.2, -0.15) is 0 Å². The molecule has 0 saturated heterocycles. The average Bonchev–Trinajstić information content (AvgIpc) is 2.81. The van der Waals surface area contributed by atoms with E-state index in [1.54, 1.807) is 30.7 Å². The second kappa shape index (κ2) is 9.49. The Balaban J connectivity index is 1.44. The summed E-state index contributed by atoms with van der Waals surface area (Å²) in [7, 11) is 0. The van der Waals surface area contributed by atoms with Gasteiger partial charge in [-0.1, -0.05) is 24.3 Å². The molecule has 4 rings (SSSR count). The van der Waals surface area contributed by atoms with Crippen LogP contribution in [0.15, 0.2) is 85.3 Å². The zero-order valence-corrected chi connectivity index (χ0v) is 16.9. The van der Waals surface area contributed by atoms with Crippen molar-refractivity contribution in [3.05, 3.63) is 90.9 Å². The Morgan fingerprint density at radius 2 is 1.87 bits per heavy atom. The summed E-state index contributed by atoms with van der Waals surface area (Å²) in [5.41, 5.74) is 4.12. The molecular formula is C24H21N5O2. The SMILES string of the molecule is Cc1ccc(NC(=O)COc2ccccc2)cc1Nc1nccc(-c2cccnc2)n1. The standard InChI is InChI=1S/C24H21N5O2/c1-17-9-10-19(27-23(30)16-31-20-7-3-2-4-8-20)14-22(17)29-24-26-13-11-21(28-24)18-6-5-12-25-15-18/h2-15H,16H2,1H3,(H,27,30)(H,26,28,29). The minimum Gasteiger partial charge on any atom is -0.484 e. The second-order valence-corrected chi connectivity index (χ2v) is 6.81. The van der Waals surface area contributed by atoms with Gasteiger partial charge in [0.15, 0.2) is 6.61 Å². The highest BCUT2D eigenvalue weighted by atomic mass is 16.5. The van der Waals surface area contributed by atoms with Crippen molar-refractivity contribution in [2.75, 3.05) is 17.2 Å². The molecule has 0 aliphatic rings. The number of anilines is 3. The van der Waals surface area contributed by atoms with Crippen molar-refractivity contribution in [3.8, 4) is 17.0 Å². The van der Waals surface area contributed by atoms with E-state index in [0.29, 0.717) is 17.4 Å². The summed E-state index contributed by atoms with van der Waals surface area (Å²) in [5, 5.41) is 6.08. The quantitative estimate of drug-likeness (QED) is 0.462. The minimum atomic E-state index is -0.242. The van der Waals surface area contributed by atoms with Gasteiger partial charge < -0.3 is 15.4 Å². The van der Waals surface area contributed by atoms with Gasteiger partial charge in [-0.3, -0.25) is 9.78 Å². The fourth-order valence-electron chi connectivity index (χ4n) is 2.91. The maximum atomic E-state index is 12.3. The Kier molecular flexibility index (Phi) is 6.13. The van der Waals surface area contributed by atoms with Crippen molar-refractivity contribution in [1.29, 1.82) is 0 Å². The van der Waals surface area contributed by atoms with Crippen LogP contribution < -0.4 is 15.4 Å². The smallest absolute Gasteiger partial charge is 0.262 e. The molecular weight excluding hydrogens is 390 g/mol. The molecule has 2 aromatic heterocycles. The summed E-state index contributed by atoms with van der Waals surface area (Å²) in [5.74, 6) is 0.864. The zero-order valence-electron chi connectivity index (χ0n) is 16.9. The van der Waals surface area contributed by atoms with Gasteiger partial charge in [-0.25, -0.2) is 9.97 Å². The molecule has 154 valence electrons. The van der Waals surface area contributed by atoms with E-state index in [0.717, 1.165) is 22.5 Å². The Labute approximate surface area is 180 Å². The number of aromatic nitrogens is 3. The molecule has 0 spiro atoms. The first-order valence-corrected chi connectivity index (χ1v) is 9.76. The Morgan fingerprint density at radius 1 is 1.00 bits per heavy atom. The Hall–Kier alpha value is -4.26. The highest BCUT2D eigenvalue weighted by Crippen LogP contribution is 2.24. The number of hydrogen-bond donors (Lipinski definition) is 2. The molecule has 7 heteroatoms. The van der Waals surface area contributed by atoms with Gasteiger partial charge in [-0.15, -0.1) is 0 Å². The highest BCUT2D eigenvalue weighted by Gasteiger charge is 2.08. The predicted molar refractivity (Wildman–Crippen MR) is 120 cm³/mol. The fraction of sp³-hybridized carbons (Fsp3) is 0.0833. The number of nitrogens with one attached hydrogen (secondary N) is 2. The first-order valence-electron chi connectivity index (χ1n) is 9.76. The highest BCUT2D eigenvalue weighted by molar-refractivity contribution is 5.92. The second-order valence-electron chi connectivity index (χ2n) is 6.81. The lowest BCUT2D eigenvalue weighted by molar-refractivity contribution is -0.118. The maximum absolute atomic E-state index is 12.3. The lowest BCUT2D eigenvalue weighted by Crippen LogP contribution is -2.20. The van der Waals surface area contributed by atoms with Crippen molar-refractivity contribution >= 4 is 23.2 Å². The van der Waals surface area contributed by atoms with Crippen LogP contribution in [-0.4, -0.2) is 27.5 Å². The monoisotopic (exact) mass is 411 g/mol. The van der Waals surface area contributed by atoms with E-state index >= 15 is 0 Å². The summed E-state index contributed by atoms with van der Waals surface area (Å²) in [6, 6.07) is 20.5. The number of pyridine rings is 1. The van der Waals surface area contributed by atoms with E-state index in [-0.39, 0.29) is 12.5 Å². The van der Waals surface area contributed by atoms with Gasteiger partial charge >= 0.3 is 0 Å². The lowest BCUT2D eigenvalue weighted by atomic mass is 10.1. The van der Waals surface area contributed by atoms with Gasteiger partial charge in [0.2, 0.25) is 5.95 Å². The first-order chi connectivity index (χ1) is 15.2. The number of ether oxygens (including phenoxy) is 1. The number of amides is 1. The minimum absolute atomic E-state index is 0.0725. The normalized spacial score (nSPS) is 10.4. The number of para-hydroxylation sites is 1. The molecule has 0 bridgehead atoms. The predicted octanol–water partition coefficient (Wildman–Crippen LogP) is 4.61. The molecule has 7 nitrogen and oxygen atoms in total. The molecule has 0 saturated carbocycles. The van der Waals surface area contributed by atoms with Gasteiger partial charge in [0.25, 0.3) is 5.91 Å². The number of carbonyl (C=O) groups is 1. The maximum Gasteiger partial charge on any atom is 0.262 e. The molecule has 4 aromatic rings. The summed E-state index contributed by atoms with van der Waals surface area (Å²) in [6.45, 7) is 1.90. The number of aryl methyl sites for hydroxylation is 1. The third-order valence-corrected chi connectivity index (χ3v) is 4.49. The number of nitrogens with zero attached hydrogens (tertiary/aromatic N) is 3. The van der Waals surface area contributed by atoms with Crippen molar-refractivity contribution in [1.82, 2.24) is 15.0 Å². The van der Waals surface area contributed by atoms with Crippen LogP contribution in [0.4, 0.5) is 17.3 Å². The zero-order chi connectivity index (χ0) is 21.5. The summed E-state index contributed by atoms with van der Waals surface area (Å²) in [6.07, 6.45) is 5.17. The third-order valence-electron chi connectivity index (χ3n) is 4.49. The average molecular weight is 411 g/mol. The van der Waals surface area contributed by atoms with E-state index in [2.05, 4.69) is 25.6 Å². The van der Waals surface area contributed by atoms with Crippen LogP contribution in [-0.2, 0) is 4.79 Å². The fourth-order valence-corrected chi connectivity index (χ4v) is 2.91. The number of hydrogen-bond acceptors (Lipinski definition) is 6. The molecule has 2 N–H and O–H groups in total. The van der Waals surface area contributed by atoms with E-state index in [1.165, 1.54) is 0 Å². The largest absolute Gasteiger partial charge is 0.484 e. The van der Waals surface area contributed by atoms with Gasteiger partial charge in [-0.05, 0) is 55.0 Å². The van der Waals surface area contributed by atoms with Crippen LogP contribution in [0.3, 0.4) is 0 Å². The van der Waals surface area contributed by atoms with Gasteiger partial charge in [0, 0.05) is 35.5 Å². The summed E-state index contributed by atoms with van der Waals surface area (Å²) in [4.78, 5) is 25.3. The van der Waals surface area contributed by atoms with Crippen molar-refractivity contribution < 1.29 is 9.53 Å². The van der Waals surface area contributed by atoms with Gasteiger partial charge in [0.05, 0.1) is 5.69 Å². The summed E-state index contributed by atoms with van der Waals surface area (Å²) >= 11 is 0. The molecule has 2 heterocycles. The molecule has 31 heavy (non-hydrogen) atoms. The molecule has 0 unspecified atom stereocenters. The topological polar surface area (TPSA) is 89.0 Å². The third kappa shape index (κ3) is 5.42. The molecule has 0 aliphatic heterocycles. The van der Waals surface area contributed by atoms with Crippen LogP contribution in [0.1, 0.15) is 5.56 Å². The van der Waals surface area contributed by atoms with E-state index < -0.39 is 0 Å². The molecule has 2 aromatic carbocycles. The van der Waals surface area contributed by atoms with Crippen LogP contribution in [0.2, 0.25) is 0 Å². The van der Waals surface area contributed by atoms with E-state index in [1.807, 2.05) is 61.5 Å². The molecule has 0 aliphatic carbocycles. The molecule has 0 radical (unpaired) electrons. The molecule has 0 atom stereocenters. The van der Waals surface area contributed by atoms with Crippen molar-refractivity contribution in [2.45, 2.75) is 6.92 Å². The molecule has 1 amide bonds. The van der Waals surface area contributed by atoms with Crippen LogP contribution in [0.5, 0.6) is 5.75 Å². The molecule has 0 fully saturated rings. The van der Waals surface area contributed by atoms with Gasteiger partial charge in [0.1, 0.15) is 5.75 Å². The number of carbonyl (C=O) groups excluding carboxylic acids is 1. The van der Waals surface area contributed by atoms with Crippen LogP contribution in [0, 0.1) is 6.92 Å². The van der Waals surface area contributed by atoms with E-state index in [4.69, 9.17) is 4.74 Å². The Bertz CT molecular complexity index is 1170. The number of rotatable bonds is 7. The Morgan fingerprint density at radius 3 is 2.68 bits per heavy atom. The van der Waals surface area contributed by atoms with Crippen LogP contribution in [0.25, 0.3) is 11.3 Å². The van der Waals surface area contributed by atoms with Crippen LogP contribution >= 0.6 is 0 Å². The first kappa shape index (κ1) is 20.0. The number of benzene rings is 2. The lowest BCUT2D eigenvalue weighted by Gasteiger charge is -2.12. The summed E-state index contributed by atoms with van der Waals surface area (Å²) < 4.78 is 5.49. The van der Waals surface area contributed by atoms with Crippen molar-refractivity contribution in [2.24, 2.45) is 0 Å².